The molecule has 0 saturated carbocycles. The highest BCUT2D eigenvalue weighted by molar-refractivity contribution is 7.89. The van der Waals surface area contributed by atoms with Gasteiger partial charge in [0, 0.05) is 38.8 Å². The number of hydrogen-bond donors (Lipinski definition) is 1. The number of allylic oxidation sites excluding steroid dienone is 1. The fraction of sp³-hybridized carbons (Fsp3) is 0.600. The van der Waals surface area contributed by atoms with Gasteiger partial charge in [-0.15, -0.1) is 0 Å². The maximum atomic E-state index is 13.4. The molecule has 2 aliphatic heterocycles. The molecule has 0 spiro atoms. The molecule has 1 aromatic carbocycles. The molecular formula is C25H35N3O4S. The summed E-state index contributed by atoms with van der Waals surface area (Å²) in [6, 6.07) is 5.05. The van der Waals surface area contributed by atoms with Crippen LogP contribution in [0.2, 0.25) is 0 Å². The zero-order valence-electron chi connectivity index (χ0n) is 19.5. The van der Waals surface area contributed by atoms with Gasteiger partial charge in [0.1, 0.15) is 0 Å². The highest BCUT2D eigenvalue weighted by Crippen LogP contribution is 2.32. The van der Waals surface area contributed by atoms with E-state index in [1.54, 1.807) is 23.1 Å². The number of nitrogens with zero attached hydrogens (tertiary/aromatic N) is 2. The van der Waals surface area contributed by atoms with E-state index >= 15 is 0 Å². The molecule has 7 nitrogen and oxygen atoms in total. The number of benzene rings is 1. The largest absolute Gasteiger partial charge is 0.356 e. The second-order valence-electron chi connectivity index (χ2n) is 9.42. The van der Waals surface area contributed by atoms with Crippen LogP contribution in [-0.4, -0.2) is 50.7 Å². The predicted octanol–water partition coefficient (Wildman–Crippen LogP) is 3.39. The average molecular weight is 474 g/mol. The predicted molar refractivity (Wildman–Crippen MR) is 128 cm³/mol. The fourth-order valence-corrected chi connectivity index (χ4v) is 6.78. The molecule has 4 rings (SSSR count). The highest BCUT2D eigenvalue weighted by atomic mass is 32.2. The number of nitrogens with one attached hydrogen (secondary N) is 1. The van der Waals surface area contributed by atoms with Crippen LogP contribution in [0.1, 0.15) is 63.9 Å². The van der Waals surface area contributed by atoms with Crippen molar-refractivity contribution < 1.29 is 18.0 Å². The van der Waals surface area contributed by atoms with Crippen LogP contribution in [-0.2, 0) is 26.0 Å². The van der Waals surface area contributed by atoms with Gasteiger partial charge in [-0.2, -0.15) is 4.31 Å². The molecular weight excluding hydrogens is 438 g/mol. The number of aryl methyl sites for hydroxylation is 1. The summed E-state index contributed by atoms with van der Waals surface area (Å²) in [6.07, 6.45) is 10.9. The van der Waals surface area contributed by atoms with E-state index in [0.29, 0.717) is 32.5 Å². The molecule has 1 aliphatic carbocycles. The molecule has 8 heteroatoms. The minimum atomic E-state index is -3.70. The SMILES string of the molecule is CC(=O)N1CCCc2cc(S(=O)(=O)N3CCCC(C(=O)NCCC4=CCCCC4)C3)ccc21. The molecule has 0 bridgehead atoms. The second-order valence-corrected chi connectivity index (χ2v) is 11.4. The van der Waals surface area contributed by atoms with Crippen LogP contribution in [0.3, 0.4) is 0 Å². The van der Waals surface area contributed by atoms with Crippen LogP contribution >= 0.6 is 0 Å². The lowest BCUT2D eigenvalue weighted by molar-refractivity contribution is -0.126. The molecule has 1 atom stereocenters. The number of carbonyl (C=O) groups excluding carboxylic acids is 2. The fourth-order valence-electron chi connectivity index (χ4n) is 5.21. The second kappa shape index (κ2) is 10.4. The number of amides is 2. The number of fused-ring (bicyclic) bond motifs is 1. The number of sulfonamides is 1. The van der Waals surface area contributed by atoms with Gasteiger partial charge in [-0.3, -0.25) is 9.59 Å². The summed E-state index contributed by atoms with van der Waals surface area (Å²) in [4.78, 5) is 26.6. The number of carbonyl (C=O) groups is 2. The first-order valence-corrected chi connectivity index (χ1v) is 13.7. The Morgan fingerprint density at radius 2 is 1.94 bits per heavy atom. The molecule has 1 fully saturated rings. The van der Waals surface area contributed by atoms with Crippen LogP contribution in [0, 0.1) is 5.92 Å². The van der Waals surface area contributed by atoms with Gasteiger partial charge in [0.05, 0.1) is 10.8 Å². The van der Waals surface area contributed by atoms with Gasteiger partial charge in [-0.25, -0.2) is 8.42 Å². The van der Waals surface area contributed by atoms with Crippen LogP contribution < -0.4 is 10.2 Å². The third-order valence-corrected chi connectivity index (χ3v) is 8.93. The van der Waals surface area contributed by atoms with Crippen LogP contribution in [0.4, 0.5) is 5.69 Å². The first-order chi connectivity index (χ1) is 15.9. The standard InChI is InChI=1S/C25H35N3O4S/c1-19(29)28-16-6-9-21-17-23(11-12-24(21)28)33(31,32)27-15-5-10-22(18-27)25(30)26-14-13-20-7-3-2-4-8-20/h7,11-12,17,22H,2-6,8-10,13-16,18H2,1H3,(H,26,30). The van der Waals surface area contributed by atoms with E-state index in [1.165, 1.54) is 29.6 Å². The van der Waals surface area contributed by atoms with E-state index in [4.69, 9.17) is 0 Å². The Labute approximate surface area is 197 Å². The lowest BCUT2D eigenvalue weighted by Crippen LogP contribution is -2.45. The molecule has 1 N–H and O–H groups in total. The van der Waals surface area contributed by atoms with Gasteiger partial charge in [-0.1, -0.05) is 11.6 Å². The molecule has 2 heterocycles. The van der Waals surface area contributed by atoms with Crippen LogP contribution in [0.5, 0.6) is 0 Å². The van der Waals surface area contributed by atoms with Crippen molar-refractivity contribution in [2.75, 3.05) is 31.1 Å². The van der Waals surface area contributed by atoms with Gasteiger partial charge >= 0.3 is 0 Å². The summed E-state index contributed by atoms with van der Waals surface area (Å²) in [6.45, 7) is 3.45. The summed E-state index contributed by atoms with van der Waals surface area (Å²) in [5.41, 5.74) is 3.11. The van der Waals surface area contributed by atoms with E-state index in [9.17, 15) is 18.0 Å². The molecule has 1 unspecified atom stereocenters. The van der Waals surface area contributed by atoms with Crippen molar-refractivity contribution in [2.45, 2.75) is 69.6 Å². The number of piperidine rings is 1. The summed E-state index contributed by atoms with van der Waals surface area (Å²) >= 11 is 0. The Balaban J connectivity index is 1.40. The minimum absolute atomic E-state index is 0.0313. The molecule has 1 aromatic rings. The summed E-state index contributed by atoms with van der Waals surface area (Å²) in [5, 5.41) is 3.03. The molecule has 1 saturated heterocycles. The Bertz CT molecular complexity index is 1030. The summed E-state index contributed by atoms with van der Waals surface area (Å²) < 4.78 is 28.2. The topological polar surface area (TPSA) is 86.8 Å². The van der Waals surface area contributed by atoms with Gasteiger partial charge < -0.3 is 10.2 Å². The minimum Gasteiger partial charge on any atom is -0.356 e. The first-order valence-electron chi connectivity index (χ1n) is 12.2. The molecule has 180 valence electrons. The van der Waals surface area contributed by atoms with Crippen molar-refractivity contribution in [2.24, 2.45) is 5.92 Å². The van der Waals surface area contributed by atoms with Crippen molar-refractivity contribution in [3.8, 4) is 0 Å². The summed E-state index contributed by atoms with van der Waals surface area (Å²) in [7, 11) is -3.70. The average Bonchev–Trinajstić information content (AvgIpc) is 2.84. The molecule has 0 aromatic heterocycles. The first kappa shape index (κ1) is 24.0. The third kappa shape index (κ3) is 5.49. The molecule has 3 aliphatic rings. The van der Waals surface area contributed by atoms with E-state index in [1.807, 2.05) is 0 Å². The summed E-state index contributed by atoms with van der Waals surface area (Å²) in [5.74, 6) is -0.398. The quantitative estimate of drug-likeness (QED) is 0.642. The normalized spacial score (nSPS) is 21.8. The van der Waals surface area contributed by atoms with E-state index in [0.717, 1.165) is 43.4 Å². The van der Waals surface area contributed by atoms with Gasteiger partial charge in [0.2, 0.25) is 21.8 Å². The number of rotatable bonds is 6. The van der Waals surface area contributed by atoms with Crippen molar-refractivity contribution in [1.82, 2.24) is 9.62 Å². The van der Waals surface area contributed by atoms with Crippen LogP contribution in [0.15, 0.2) is 34.7 Å². The third-order valence-electron chi connectivity index (χ3n) is 7.07. The molecule has 33 heavy (non-hydrogen) atoms. The molecule has 0 radical (unpaired) electrons. The molecule has 2 amide bonds. The Morgan fingerprint density at radius 1 is 1.09 bits per heavy atom. The lowest BCUT2D eigenvalue weighted by Gasteiger charge is -2.32. The van der Waals surface area contributed by atoms with Crippen molar-refractivity contribution in [3.05, 3.63) is 35.4 Å². The number of anilines is 1. The van der Waals surface area contributed by atoms with E-state index in [-0.39, 0.29) is 29.2 Å². The van der Waals surface area contributed by atoms with Crippen molar-refractivity contribution in [1.29, 1.82) is 0 Å². The smallest absolute Gasteiger partial charge is 0.243 e. The maximum Gasteiger partial charge on any atom is 0.243 e. The Kier molecular flexibility index (Phi) is 7.54. The lowest BCUT2D eigenvalue weighted by atomic mass is 9.96. The monoisotopic (exact) mass is 473 g/mol. The van der Waals surface area contributed by atoms with E-state index < -0.39 is 10.0 Å². The van der Waals surface area contributed by atoms with E-state index in [2.05, 4.69) is 11.4 Å². The van der Waals surface area contributed by atoms with Gasteiger partial charge in [-0.05, 0) is 81.5 Å². The number of hydrogen-bond acceptors (Lipinski definition) is 4. The van der Waals surface area contributed by atoms with Crippen molar-refractivity contribution >= 4 is 27.5 Å². The van der Waals surface area contributed by atoms with Crippen LogP contribution in [0.25, 0.3) is 0 Å². The zero-order valence-corrected chi connectivity index (χ0v) is 20.3. The van der Waals surface area contributed by atoms with Gasteiger partial charge in [0.15, 0.2) is 0 Å². The highest BCUT2D eigenvalue weighted by Gasteiger charge is 2.34. The maximum absolute atomic E-state index is 13.4. The Morgan fingerprint density at radius 3 is 2.70 bits per heavy atom. The Hall–Kier alpha value is -2.19. The van der Waals surface area contributed by atoms with Crippen molar-refractivity contribution in [3.63, 3.8) is 0 Å². The van der Waals surface area contributed by atoms with Gasteiger partial charge in [0.25, 0.3) is 0 Å². The zero-order chi connectivity index (χ0) is 23.4.